The quantitative estimate of drug-likeness (QED) is 0.491. The lowest BCUT2D eigenvalue weighted by molar-refractivity contribution is -0.119. The lowest BCUT2D eigenvalue weighted by Crippen LogP contribution is -2.39. The number of aromatic nitrogens is 3. The fourth-order valence-electron chi connectivity index (χ4n) is 4.29. The Hall–Kier alpha value is -3.38. The van der Waals surface area contributed by atoms with Crippen molar-refractivity contribution in [3.05, 3.63) is 82.0 Å². The average molecular weight is 433 g/mol. The van der Waals surface area contributed by atoms with Crippen LogP contribution >= 0.6 is 11.6 Å². The molecule has 7 heteroatoms. The predicted octanol–water partition coefficient (Wildman–Crippen LogP) is 4.03. The van der Waals surface area contributed by atoms with Crippen molar-refractivity contribution in [1.29, 1.82) is 0 Å². The van der Waals surface area contributed by atoms with Gasteiger partial charge in [0.05, 0.1) is 6.33 Å². The zero-order valence-electron chi connectivity index (χ0n) is 17.1. The largest absolute Gasteiger partial charge is 0.344 e. The molecule has 1 aliphatic rings. The molecule has 0 bridgehead atoms. The molecule has 6 nitrogen and oxygen atoms in total. The summed E-state index contributed by atoms with van der Waals surface area (Å²) in [6, 6.07) is 15.4. The lowest BCUT2D eigenvalue weighted by atomic mass is 10.0. The number of carbonyl (C=O) groups is 1. The van der Waals surface area contributed by atoms with E-state index in [2.05, 4.69) is 11.1 Å². The SMILES string of the molecule is Cn1cc(-c2ccc(Cl)cc2)c2ncn(CC(=O)N3CCCc4ccccc43)c(=O)c21. The average Bonchev–Trinajstić information content (AvgIpc) is 3.12. The van der Waals surface area contributed by atoms with E-state index in [1.807, 2.05) is 55.7 Å². The van der Waals surface area contributed by atoms with E-state index >= 15 is 0 Å². The topological polar surface area (TPSA) is 60.1 Å². The highest BCUT2D eigenvalue weighted by Crippen LogP contribution is 2.29. The minimum atomic E-state index is -0.230. The maximum absolute atomic E-state index is 13.2. The number of hydrogen-bond acceptors (Lipinski definition) is 3. The molecule has 0 fully saturated rings. The van der Waals surface area contributed by atoms with Gasteiger partial charge in [-0.15, -0.1) is 0 Å². The number of fused-ring (bicyclic) bond motifs is 2. The van der Waals surface area contributed by atoms with Crippen LogP contribution in [0.2, 0.25) is 5.02 Å². The fraction of sp³-hybridized carbons (Fsp3) is 0.208. The maximum atomic E-state index is 13.2. The number of rotatable bonds is 3. The van der Waals surface area contributed by atoms with Gasteiger partial charge in [0, 0.05) is 36.1 Å². The zero-order valence-corrected chi connectivity index (χ0v) is 17.8. The molecule has 0 spiro atoms. The van der Waals surface area contributed by atoms with Crippen molar-refractivity contribution in [3.8, 4) is 11.1 Å². The van der Waals surface area contributed by atoms with Gasteiger partial charge in [-0.2, -0.15) is 0 Å². The molecule has 0 radical (unpaired) electrons. The van der Waals surface area contributed by atoms with Crippen LogP contribution in [-0.4, -0.2) is 26.6 Å². The zero-order chi connectivity index (χ0) is 21.5. The number of nitrogens with zero attached hydrogens (tertiary/aromatic N) is 4. The Labute approximate surface area is 184 Å². The summed E-state index contributed by atoms with van der Waals surface area (Å²) < 4.78 is 3.17. The molecule has 31 heavy (non-hydrogen) atoms. The van der Waals surface area contributed by atoms with Gasteiger partial charge in [-0.3, -0.25) is 14.2 Å². The highest BCUT2D eigenvalue weighted by molar-refractivity contribution is 6.30. The van der Waals surface area contributed by atoms with E-state index in [0.29, 0.717) is 22.6 Å². The molecule has 1 amide bonds. The van der Waals surface area contributed by atoms with Crippen LogP contribution in [0.25, 0.3) is 22.2 Å². The molecular formula is C24H21ClN4O2. The van der Waals surface area contributed by atoms with Crippen molar-refractivity contribution in [1.82, 2.24) is 14.1 Å². The van der Waals surface area contributed by atoms with Crippen molar-refractivity contribution in [2.45, 2.75) is 19.4 Å². The van der Waals surface area contributed by atoms with E-state index in [4.69, 9.17) is 11.6 Å². The summed E-state index contributed by atoms with van der Waals surface area (Å²) in [5, 5.41) is 0.650. The van der Waals surface area contributed by atoms with Gasteiger partial charge in [-0.05, 0) is 42.2 Å². The van der Waals surface area contributed by atoms with E-state index in [1.165, 1.54) is 10.9 Å². The Bertz CT molecular complexity index is 1350. The Morgan fingerprint density at radius 3 is 2.71 bits per heavy atom. The van der Waals surface area contributed by atoms with Crippen molar-refractivity contribution < 1.29 is 4.79 Å². The molecule has 156 valence electrons. The number of hydrogen-bond donors (Lipinski definition) is 0. The molecule has 0 N–H and O–H groups in total. The third kappa shape index (κ3) is 3.43. The van der Waals surface area contributed by atoms with Gasteiger partial charge in [-0.25, -0.2) is 4.98 Å². The number of para-hydroxylation sites is 1. The number of amides is 1. The monoisotopic (exact) mass is 432 g/mol. The Balaban J connectivity index is 1.50. The highest BCUT2D eigenvalue weighted by Gasteiger charge is 2.23. The number of carbonyl (C=O) groups excluding carboxylic acids is 1. The molecular weight excluding hydrogens is 412 g/mol. The summed E-state index contributed by atoms with van der Waals surface area (Å²) in [4.78, 5) is 32.6. The number of anilines is 1. The Morgan fingerprint density at radius 1 is 1.13 bits per heavy atom. The fourth-order valence-corrected chi connectivity index (χ4v) is 4.42. The van der Waals surface area contributed by atoms with Gasteiger partial charge in [0.1, 0.15) is 17.6 Å². The van der Waals surface area contributed by atoms with Crippen LogP contribution in [0.4, 0.5) is 5.69 Å². The molecule has 0 aliphatic carbocycles. The van der Waals surface area contributed by atoms with Crippen molar-refractivity contribution >= 4 is 34.2 Å². The summed E-state index contributed by atoms with van der Waals surface area (Å²) in [7, 11) is 1.82. The van der Waals surface area contributed by atoms with Crippen LogP contribution < -0.4 is 10.5 Å². The number of benzene rings is 2. The number of halogens is 1. The lowest BCUT2D eigenvalue weighted by Gasteiger charge is -2.29. The molecule has 2 aromatic heterocycles. The van der Waals surface area contributed by atoms with Crippen LogP contribution in [0, 0.1) is 0 Å². The van der Waals surface area contributed by atoms with Crippen LogP contribution in [0.3, 0.4) is 0 Å². The van der Waals surface area contributed by atoms with Gasteiger partial charge in [0.15, 0.2) is 0 Å². The summed E-state index contributed by atoms with van der Waals surface area (Å²) >= 11 is 6.00. The first-order chi connectivity index (χ1) is 15.0. The second-order valence-electron chi connectivity index (χ2n) is 7.81. The normalized spacial score (nSPS) is 13.4. The van der Waals surface area contributed by atoms with Crippen molar-refractivity contribution in [2.75, 3.05) is 11.4 Å². The van der Waals surface area contributed by atoms with Crippen LogP contribution in [0.15, 0.2) is 65.8 Å². The van der Waals surface area contributed by atoms with Crippen LogP contribution in [0.1, 0.15) is 12.0 Å². The summed E-state index contributed by atoms with van der Waals surface area (Å²) in [6.07, 6.45) is 5.23. The molecule has 0 atom stereocenters. The Kier molecular flexibility index (Phi) is 4.87. The third-order valence-corrected chi connectivity index (χ3v) is 6.07. The minimum Gasteiger partial charge on any atom is -0.344 e. The van der Waals surface area contributed by atoms with Gasteiger partial charge in [0.25, 0.3) is 5.56 Å². The van der Waals surface area contributed by atoms with Crippen LogP contribution in [0.5, 0.6) is 0 Å². The first-order valence-electron chi connectivity index (χ1n) is 10.2. The first kappa shape index (κ1) is 19.6. The van der Waals surface area contributed by atoms with E-state index in [9.17, 15) is 9.59 Å². The molecule has 0 saturated carbocycles. The van der Waals surface area contributed by atoms with Gasteiger partial charge >= 0.3 is 0 Å². The minimum absolute atomic E-state index is 0.0441. The molecule has 4 aromatic rings. The smallest absolute Gasteiger partial charge is 0.278 e. The van der Waals surface area contributed by atoms with Gasteiger partial charge in [-0.1, -0.05) is 41.9 Å². The predicted molar refractivity (Wildman–Crippen MR) is 123 cm³/mol. The van der Waals surface area contributed by atoms with E-state index in [0.717, 1.165) is 35.2 Å². The Morgan fingerprint density at radius 2 is 1.90 bits per heavy atom. The third-order valence-electron chi connectivity index (χ3n) is 5.82. The molecule has 5 rings (SSSR count). The molecule has 1 aliphatic heterocycles. The van der Waals surface area contributed by atoms with Crippen molar-refractivity contribution in [2.24, 2.45) is 7.05 Å². The maximum Gasteiger partial charge on any atom is 0.278 e. The molecule has 0 unspecified atom stereocenters. The van der Waals surface area contributed by atoms with Gasteiger partial charge < -0.3 is 9.47 Å². The molecule has 0 saturated heterocycles. The van der Waals surface area contributed by atoms with Crippen molar-refractivity contribution in [3.63, 3.8) is 0 Å². The standard InChI is InChI=1S/C24H21ClN4O2/c1-27-13-19(16-8-10-18(25)11-9-16)22-23(27)24(31)28(15-26-22)14-21(30)29-12-4-6-17-5-2-3-7-20(17)29/h2-3,5,7-11,13,15H,4,6,12,14H2,1H3. The summed E-state index contributed by atoms with van der Waals surface area (Å²) in [6.45, 7) is 0.614. The van der Waals surface area contributed by atoms with E-state index in [-0.39, 0.29) is 18.0 Å². The second kappa shape index (κ2) is 7.71. The highest BCUT2D eigenvalue weighted by atomic mass is 35.5. The summed E-state index contributed by atoms with van der Waals surface area (Å²) in [5.41, 5.74) is 4.74. The summed E-state index contributed by atoms with van der Waals surface area (Å²) in [5.74, 6) is -0.109. The van der Waals surface area contributed by atoms with E-state index < -0.39 is 0 Å². The van der Waals surface area contributed by atoms with Crippen LogP contribution in [-0.2, 0) is 24.8 Å². The molecule has 3 heterocycles. The molecule has 2 aromatic carbocycles. The first-order valence-corrected chi connectivity index (χ1v) is 10.6. The van der Waals surface area contributed by atoms with E-state index in [1.54, 1.807) is 9.47 Å². The van der Waals surface area contributed by atoms with Gasteiger partial charge in [0.2, 0.25) is 5.91 Å². The second-order valence-corrected chi connectivity index (χ2v) is 8.25. The number of aryl methyl sites for hydroxylation is 2.